The van der Waals surface area contributed by atoms with Gasteiger partial charge in [-0.15, -0.1) is 0 Å². The third-order valence-corrected chi connectivity index (χ3v) is 13.5. The van der Waals surface area contributed by atoms with Gasteiger partial charge in [-0.1, -0.05) is 63.4 Å². The minimum Gasteiger partial charge on any atom is -0.397 e. The number of likely N-dealkylation sites (N-methyl/N-ethyl adjacent to an activating group) is 1. The van der Waals surface area contributed by atoms with E-state index in [2.05, 4.69) is 56.5 Å². The lowest BCUT2D eigenvalue weighted by molar-refractivity contribution is -0.149. The van der Waals surface area contributed by atoms with Crippen molar-refractivity contribution in [1.29, 1.82) is 0 Å². The van der Waals surface area contributed by atoms with E-state index in [9.17, 15) is 46.7 Å². The molecule has 3 aromatic carbocycles. The molecule has 3 aliphatic heterocycles. The Morgan fingerprint density at radius 2 is 1.49 bits per heavy atom. The molecule has 4 heterocycles. The van der Waals surface area contributed by atoms with E-state index in [0.717, 1.165) is 105 Å². The van der Waals surface area contributed by atoms with Crippen molar-refractivity contribution in [3.63, 3.8) is 0 Å². The minimum atomic E-state index is -4.91. The zero-order chi connectivity index (χ0) is 52.8. The van der Waals surface area contributed by atoms with E-state index in [1.807, 2.05) is 24.3 Å². The largest absolute Gasteiger partial charge is 0.417 e. The lowest BCUT2D eigenvalue weighted by Gasteiger charge is -2.34. The zero-order valence-corrected chi connectivity index (χ0v) is 42.0. The molecule has 0 radical (unpaired) electrons. The third-order valence-electron chi connectivity index (χ3n) is 13.5. The maximum Gasteiger partial charge on any atom is 0.417 e. The van der Waals surface area contributed by atoms with Crippen LogP contribution in [-0.2, 0) is 27.1 Å². The van der Waals surface area contributed by atoms with Crippen molar-refractivity contribution in [2.24, 2.45) is 0 Å². The molecule has 0 saturated carbocycles. The highest BCUT2D eigenvalue weighted by atomic mass is 19.4. The SMILES string of the molecule is CCN(C)CC.CN1C(=O)CCC(N2C(=O)c3cccc(NCCCCCCCC(=O)NCCN4CCN(Cc5cccc(-c6ccc(N)c(NC(=O)c7c[nH]c(=O)cc7C(F)(F)F)c6)c5)CC4)c3C2=O)C1=O. The molecule has 6 amide bonds. The summed E-state index contributed by atoms with van der Waals surface area (Å²) in [6.45, 7) is 12.6. The first-order valence-corrected chi connectivity index (χ1v) is 24.9. The van der Waals surface area contributed by atoms with Crippen molar-refractivity contribution >= 4 is 52.5 Å². The molecule has 73 heavy (non-hydrogen) atoms. The molecular weight excluding hydrogens is 946 g/mol. The first kappa shape index (κ1) is 55.4. The number of pyridine rings is 1. The maximum atomic E-state index is 13.6. The molecule has 6 N–H and O–H groups in total. The summed E-state index contributed by atoms with van der Waals surface area (Å²) in [6, 6.07) is 17.2. The number of rotatable bonds is 20. The van der Waals surface area contributed by atoms with Crippen LogP contribution in [0, 0.1) is 0 Å². The summed E-state index contributed by atoms with van der Waals surface area (Å²) in [5.74, 6) is -2.99. The molecule has 1 aromatic heterocycles. The van der Waals surface area contributed by atoms with Gasteiger partial charge in [-0.25, -0.2) is 0 Å². The number of halogens is 3. The van der Waals surface area contributed by atoms with E-state index >= 15 is 0 Å². The highest BCUT2D eigenvalue weighted by molar-refractivity contribution is 6.25. The average molecular weight is 1010 g/mol. The van der Waals surface area contributed by atoms with Gasteiger partial charge in [0.05, 0.1) is 33.6 Å². The van der Waals surface area contributed by atoms with Crippen LogP contribution in [0.25, 0.3) is 11.1 Å². The number of aromatic amines is 1. The number of benzene rings is 3. The second-order valence-electron chi connectivity index (χ2n) is 18.5. The molecule has 0 spiro atoms. The van der Waals surface area contributed by atoms with Gasteiger partial charge in [0.1, 0.15) is 6.04 Å². The van der Waals surface area contributed by atoms with Crippen LogP contribution in [0.1, 0.15) is 107 Å². The number of likely N-dealkylation sites (tertiary alicyclic amines) is 1. The number of anilines is 3. The maximum absolute atomic E-state index is 13.6. The molecule has 2 saturated heterocycles. The van der Waals surface area contributed by atoms with Crippen LogP contribution in [0.5, 0.6) is 0 Å². The monoisotopic (exact) mass is 1010 g/mol. The summed E-state index contributed by atoms with van der Waals surface area (Å²) in [6.07, 6.45) is 0.838. The number of hydrogen-bond donors (Lipinski definition) is 5. The first-order chi connectivity index (χ1) is 34.9. The van der Waals surface area contributed by atoms with Crippen molar-refractivity contribution in [2.75, 3.05) is 89.4 Å². The molecule has 392 valence electrons. The van der Waals surface area contributed by atoms with Gasteiger partial charge in [-0.3, -0.25) is 53.2 Å². The zero-order valence-electron chi connectivity index (χ0n) is 42.0. The summed E-state index contributed by atoms with van der Waals surface area (Å²) < 4.78 is 40.7. The van der Waals surface area contributed by atoms with E-state index in [1.165, 1.54) is 7.05 Å². The Hall–Kier alpha value is -6.90. The number of fused-ring (bicyclic) bond motifs is 1. The van der Waals surface area contributed by atoms with Gasteiger partial charge in [-0.2, -0.15) is 13.2 Å². The Labute approximate surface area is 423 Å². The number of nitrogen functional groups attached to an aromatic ring is 1. The molecule has 0 aliphatic carbocycles. The Morgan fingerprint density at radius 1 is 0.808 bits per heavy atom. The number of aromatic nitrogens is 1. The summed E-state index contributed by atoms with van der Waals surface area (Å²) >= 11 is 0. The number of nitrogens with two attached hydrogens (primary N) is 1. The minimum absolute atomic E-state index is 0.0273. The van der Waals surface area contributed by atoms with Crippen molar-refractivity contribution < 1.29 is 41.9 Å². The van der Waals surface area contributed by atoms with Crippen LogP contribution in [0.15, 0.2) is 77.7 Å². The number of carbonyl (C=O) groups is 6. The van der Waals surface area contributed by atoms with Gasteiger partial charge in [0.25, 0.3) is 23.6 Å². The number of H-pyrrole nitrogens is 1. The fourth-order valence-corrected chi connectivity index (χ4v) is 8.91. The quantitative estimate of drug-likeness (QED) is 0.0376. The predicted octanol–water partition coefficient (Wildman–Crippen LogP) is 6.28. The summed E-state index contributed by atoms with van der Waals surface area (Å²) in [4.78, 5) is 99.4. The van der Waals surface area contributed by atoms with Crippen molar-refractivity contribution in [1.82, 2.24) is 34.8 Å². The van der Waals surface area contributed by atoms with E-state index < -0.39 is 52.5 Å². The topological polar surface area (TPSA) is 214 Å². The van der Waals surface area contributed by atoms with Crippen molar-refractivity contribution in [3.8, 4) is 11.1 Å². The van der Waals surface area contributed by atoms with E-state index in [0.29, 0.717) is 43.4 Å². The molecule has 1 atom stereocenters. The summed E-state index contributed by atoms with van der Waals surface area (Å²) in [7, 11) is 3.47. The lowest BCUT2D eigenvalue weighted by Crippen LogP contribution is -2.54. The second-order valence-corrected chi connectivity index (χ2v) is 18.5. The van der Waals surface area contributed by atoms with Gasteiger partial charge >= 0.3 is 6.18 Å². The molecule has 4 aromatic rings. The number of piperazine rings is 1. The standard InChI is InChI=1S/C48H54F3N9O7.C5H13N/c1-57-42(63)17-16-39(46(57)66)60-45(65)33-11-8-12-37(43(33)47(60)67)53-18-6-4-2-3-5-13-40(61)54-19-20-58-21-23-59(24-22-58)29-30-9-7-10-31(25-30)32-14-15-36(52)38(26-32)56-44(64)34-28-55-41(62)27-35(34)48(49,50)51;1-4-6(3)5-2/h7-12,14-15,25-28,39,53H,2-6,13,16-24,29,52H2,1H3,(H,54,61)(H,55,62)(H,56,64);4-5H2,1-3H3. The van der Waals surface area contributed by atoms with Gasteiger partial charge in [-0.05, 0) is 86.4 Å². The fourth-order valence-electron chi connectivity index (χ4n) is 8.91. The van der Waals surface area contributed by atoms with Gasteiger partial charge in [0.15, 0.2) is 0 Å². The number of nitrogens with zero attached hydrogens (tertiary/aromatic N) is 5. The fraction of sp³-hybridized carbons (Fsp3) is 0.453. The molecule has 20 heteroatoms. The molecule has 17 nitrogen and oxygen atoms in total. The van der Waals surface area contributed by atoms with Crippen molar-refractivity contribution in [3.05, 3.63) is 111 Å². The summed E-state index contributed by atoms with van der Waals surface area (Å²) in [5.41, 5.74) is 6.95. The number of amides is 6. The third kappa shape index (κ3) is 14.6. The average Bonchev–Trinajstić information content (AvgIpc) is 3.63. The van der Waals surface area contributed by atoms with Crippen LogP contribution in [0.3, 0.4) is 0 Å². The molecule has 2 fully saturated rings. The highest BCUT2D eigenvalue weighted by Crippen LogP contribution is 2.35. The molecule has 3 aliphatic rings. The number of hydrogen-bond acceptors (Lipinski definition) is 12. The second kappa shape index (κ2) is 25.7. The van der Waals surface area contributed by atoms with E-state index in [-0.39, 0.29) is 47.2 Å². The van der Waals surface area contributed by atoms with Gasteiger partial charge in [0.2, 0.25) is 17.4 Å². The van der Waals surface area contributed by atoms with Crippen LogP contribution in [0.2, 0.25) is 0 Å². The van der Waals surface area contributed by atoms with Crippen LogP contribution in [-0.4, -0.2) is 144 Å². The number of imide groups is 2. The number of unbranched alkanes of at least 4 members (excludes halogenated alkanes) is 4. The number of piperidine rings is 1. The van der Waals surface area contributed by atoms with Gasteiger partial charge < -0.3 is 31.6 Å². The molecule has 0 bridgehead atoms. The Bertz CT molecular complexity index is 2680. The normalized spacial score (nSPS) is 16.4. The van der Waals surface area contributed by atoms with Crippen LogP contribution in [0.4, 0.5) is 30.2 Å². The highest BCUT2D eigenvalue weighted by Gasteiger charge is 2.47. The van der Waals surface area contributed by atoms with Crippen molar-refractivity contribution in [2.45, 2.75) is 84.0 Å². The Balaban J connectivity index is 0.00000136. The van der Waals surface area contributed by atoms with Crippen LogP contribution >= 0.6 is 0 Å². The lowest BCUT2D eigenvalue weighted by atomic mass is 10.0. The molecule has 7 rings (SSSR count). The van der Waals surface area contributed by atoms with E-state index in [4.69, 9.17) is 5.73 Å². The summed E-state index contributed by atoms with van der Waals surface area (Å²) in [5, 5.41) is 8.79. The number of alkyl halides is 3. The number of carbonyl (C=O) groups excluding carboxylic acids is 6. The van der Waals surface area contributed by atoms with Gasteiger partial charge in [0, 0.05) is 90.2 Å². The molecular formula is C53H67F3N10O7. The Morgan fingerprint density at radius 3 is 2.21 bits per heavy atom. The first-order valence-electron chi connectivity index (χ1n) is 24.9. The smallest absolute Gasteiger partial charge is 0.397 e. The van der Waals surface area contributed by atoms with Crippen LogP contribution < -0.4 is 27.2 Å². The van der Waals surface area contributed by atoms with E-state index in [1.54, 1.807) is 36.4 Å². The predicted molar refractivity (Wildman–Crippen MR) is 274 cm³/mol. The number of nitrogens with one attached hydrogen (secondary N) is 4. The Kier molecular flexibility index (Phi) is 19.5. The molecule has 1 unspecified atom stereocenters.